The number of amides is 3. The molecule has 0 saturated carbocycles. The molecule has 3 amide bonds. The Labute approximate surface area is 537 Å². The van der Waals surface area contributed by atoms with E-state index < -0.39 is 88.1 Å². The number of hydrogen-bond donors (Lipinski definition) is 5. The van der Waals surface area contributed by atoms with Crippen LogP contribution in [0.4, 0.5) is 0 Å². The maximum Gasteiger partial charge on any atom is 0.309 e. The summed E-state index contributed by atoms with van der Waals surface area (Å²) in [6, 6.07) is 28.8. The number of ether oxygens (including phenoxy) is 7. The topological polar surface area (TPSA) is 363 Å². The highest BCUT2D eigenvalue weighted by Gasteiger charge is 2.51. The summed E-state index contributed by atoms with van der Waals surface area (Å²) < 4.78 is 45.3. The lowest BCUT2D eigenvalue weighted by atomic mass is 9.90. The lowest BCUT2D eigenvalue weighted by molar-refractivity contribution is -0.146. The van der Waals surface area contributed by atoms with Gasteiger partial charge in [-0.1, -0.05) is 123 Å². The molecule has 3 aliphatic rings. The number of aromatic nitrogens is 2. The minimum atomic E-state index is -1.14. The fourth-order valence-corrected chi connectivity index (χ4v) is 9.20. The fraction of sp³-hybridized carbons (Fsp3) is 0.507. The molecule has 3 saturated heterocycles. The molecule has 5 heterocycles. The van der Waals surface area contributed by atoms with E-state index in [1.54, 1.807) is 27.7 Å². The molecule has 25 heteroatoms. The van der Waals surface area contributed by atoms with Gasteiger partial charge in [0, 0.05) is 59.3 Å². The number of nitrogens with two attached hydrogens (primary N) is 1. The van der Waals surface area contributed by atoms with E-state index in [9.17, 15) is 43.2 Å². The van der Waals surface area contributed by atoms with Crippen LogP contribution < -0.4 is 21.7 Å². The summed E-state index contributed by atoms with van der Waals surface area (Å²) in [6.07, 6.45) is 1.13. The number of Topliss-reactive ketones (excluding diaryl/α,β-unsaturated/α-hetero) is 5. The lowest BCUT2D eigenvalue weighted by Gasteiger charge is -2.24. The van der Waals surface area contributed by atoms with Crippen LogP contribution in [0.15, 0.2) is 112 Å². The van der Waals surface area contributed by atoms with E-state index in [2.05, 4.69) is 38.4 Å². The number of carboxylic acid groups (broad SMARTS) is 1. The molecule has 25 nitrogen and oxygen atoms in total. The summed E-state index contributed by atoms with van der Waals surface area (Å²) in [6.45, 7) is 11.6. The van der Waals surface area contributed by atoms with Crippen LogP contribution >= 0.6 is 0 Å². The Morgan fingerprint density at radius 2 is 0.880 bits per heavy atom. The highest BCUT2D eigenvalue weighted by molar-refractivity contribution is 6.00. The molecular weight excluding hydrogens is 1190 g/mol. The van der Waals surface area contributed by atoms with Gasteiger partial charge in [0.05, 0.1) is 70.2 Å². The van der Waals surface area contributed by atoms with Crippen molar-refractivity contribution < 1.29 is 90.5 Å². The number of methoxy groups -OCH3 is 4. The minimum Gasteiger partial charge on any atom is -0.481 e. The van der Waals surface area contributed by atoms with Crippen molar-refractivity contribution in [1.82, 2.24) is 26.3 Å². The minimum absolute atomic E-state index is 0. The van der Waals surface area contributed by atoms with Crippen molar-refractivity contribution in [1.29, 1.82) is 0 Å². The van der Waals surface area contributed by atoms with Gasteiger partial charge >= 0.3 is 5.97 Å². The lowest BCUT2D eigenvalue weighted by Crippen LogP contribution is -2.51. The van der Waals surface area contributed by atoms with E-state index in [0.717, 1.165) is 17.5 Å². The SMILES string of the molecule is C.C.COC[C@H](CC(=O)[C@H](COC)NC(=O)c1cc(C)on1)C(=O)N[C@@H](Cc1ccccc1)C(=O)[C@@]1(C)CO1.COC[C@H](CC(=O)[C@H](COC)NC(=O)c1cc(C)on1)C(=O)O.C[C@@H](Cc1ccccc1)C(=O)[C@@]1(C)CO1.C[C@]1(C(=O)[C@@H](N)Cc2ccccc2)CO1. The first-order valence-corrected chi connectivity index (χ1v) is 29.2. The van der Waals surface area contributed by atoms with Crippen LogP contribution in [0.25, 0.3) is 0 Å². The molecule has 0 unspecified atom stereocenters. The van der Waals surface area contributed by atoms with Gasteiger partial charge in [0.2, 0.25) is 5.91 Å². The number of epoxide rings is 3. The average molecular weight is 1290 g/mol. The number of benzene rings is 3. The van der Waals surface area contributed by atoms with Crippen molar-refractivity contribution in [2.75, 3.05) is 74.7 Å². The third-order valence-electron chi connectivity index (χ3n) is 14.8. The van der Waals surface area contributed by atoms with Crippen LogP contribution in [0.2, 0.25) is 0 Å². The highest BCUT2D eigenvalue weighted by atomic mass is 16.6. The van der Waals surface area contributed by atoms with Crippen LogP contribution in [0.5, 0.6) is 0 Å². The second kappa shape index (κ2) is 37.5. The number of carbonyl (C=O) groups excluding carboxylic acids is 8. The summed E-state index contributed by atoms with van der Waals surface area (Å²) in [7, 11) is 5.53. The zero-order chi connectivity index (χ0) is 66.2. The number of aryl methyl sites for hydroxylation is 2. The Hall–Kier alpha value is -8.01. The quantitative estimate of drug-likeness (QED) is 0.0325. The van der Waals surface area contributed by atoms with Crippen LogP contribution in [-0.4, -0.2) is 184 Å². The van der Waals surface area contributed by atoms with Gasteiger partial charge in [-0.3, -0.25) is 43.2 Å². The molecule has 3 aliphatic heterocycles. The third-order valence-corrected chi connectivity index (χ3v) is 14.8. The molecule has 10 atom stereocenters. The molecule has 8 rings (SSSR count). The van der Waals surface area contributed by atoms with Gasteiger partial charge in [0.15, 0.2) is 40.3 Å². The van der Waals surface area contributed by atoms with Gasteiger partial charge in [-0.25, -0.2) is 0 Å². The number of hydrogen-bond acceptors (Lipinski definition) is 21. The van der Waals surface area contributed by atoms with E-state index in [-0.39, 0.29) is 102 Å². The highest BCUT2D eigenvalue weighted by Crippen LogP contribution is 2.32. The van der Waals surface area contributed by atoms with Gasteiger partial charge in [0.25, 0.3) is 11.8 Å². The van der Waals surface area contributed by atoms with Gasteiger partial charge < -0.3 is 69.0 Å². The van der Waals surface area contributed by atoms with E-state index in [1.807, 2.05) is 92.7 Å². The Balaban J connectivity index is 0.000000343. The number of aliphatic carboxylic acids is 1. The average Bonchev–Trinajstić information content (AvgIpc) is 1.66. The fourth-order valence-electron chi connectivity index (χ4n) is 9.20. The molecule has 0 radical (unpaired) electrons. The van der Waals surface area contributed by atoms with Crippen molar-refractivity contribution >= 4 is 52.6 Å². The maximum atomic E-state index is 13.3. The molecule has 3 aromatic carbocycles. The molecule has 92 heavy (non-hydrogen) atoms. The molecule has 0 aliphatic carbocycles. The molecule has 2 aromatic heterocycles. The first kappa shape index (κ1) is 78.2. The van der Waals surface area contributed by atoms with Crippen LogP contribution in [0.1, 0.15) is 105 Å². The van der Waals surface area contributed by atoms with Crippen LogP contribution in [0.3, 0.4) is 0 Å². The Morgan fingerprint density at radius 3 is 1.25 bits per heavy atom. The normalized spacial score (nSPS) is 19.4. The van der Waals surface area contributed by atoms with E-state index in [4.69, 9.17) is 53.0 Å². The molecule has 5 aromatic rings. The first-order chi connectivity index (χ1) is 42.8. The van der Waals surface area contributed by atoms with Gasteiger partial charge in [0.1, 0.15) is 40.4 Å². The van der Waals surface area contributed by atoms with E-state index in [1.165, 1.54) is 46.1 Å². The van der Waals surface area contributed by atoms with Crippen molar-refractivity contribution in [2.24, 2.45) is 23.5 Å². The first-order valence-electron chi connectivity index (χ1n) is 29.2. The number of rotatable bonds is 33. The predicted molar refractivity (Wildman–Crippen MR) is 337 cm³/mol. The summed E-state index contributed by atoms with van der Waals surface area (Å²) in [5.41, 5.74) is 7.05. The second-order valence-electron chi connectivity index (χ2n) is 22.9. The molecule has 6 N–H and O–H groups in total. The van der Waals surface area contributed by atoms with Crippen LogP contribution in [0, 0.1) is 31.6 Å². The molecule has 0 bridgehead atoms. The second-order valence-corrected chi connectivity index (χ2v) is 22.9. The maximum absolute atomic E-state index is 13.3. The summed E-state index contributed by atoms with van der Waals surface area (Å²) >= 11 is 0. The van der Waals surface area contributed by atoms with Gasteiger partial charge in [-0.2, -0.15) is 0 Å². The zero-order valence-electron chi connectivity index (χ0n) is 52.6. The van der Waals surface area contributed by atoms with Crippen LogP contribution in [-0.2, 0) is 86.0 Å². The number of nitrogens with one attached hydrogen (secondary N) is 3. The monoisotopic (exact) mass is 1280 g/mol. The number of ketones is 5. The van der Waals surface area contributed by atoms with Gasteiger partial charge in [-0.15, -0.1) is 0 Å². The largest absolute Gasteiger partial charge is 0.481 e. The summed E-state index contributed by atoms with van der Waals surface area (Å²) in [5, 5.41) is 24.1. The van der Waals surface area contributed by atoms with Crippen molar-refractivity contribution in [2.45, 2.75) is 129 Å². The summed E-state index contributed by atoms with van der Waals surface area (Å²) in [4.78, 5) is 111. The number of nitrogens with zero attached hydrogens (tertiary/aromatic N) is 2. The predicted octanol–water partition coefficient (Wildman–Crippen LogP) is 5.48. The van der Waals surface area contributed by atoms with Crippen molar-refractivity contribution in [3.63, 3.8) is 0 Å². The Bertz CT molecular complexity index is 3090. The standard InChI is InChI=1S/C26H33N3O8.C14H20N2O7.C13H16O2.C12H15NO2.2CH4/c1-16-10-20(29-37-16)25(33)28-21(14-35-4)22(30)12-18(13-34-3)24(32)27-19(23(31)26(2)15-36-26)11-17-8-6-5-7-9-17;1-8-4-10(16-23-8)13(18)15-11(7-22-3)12(17)5-9(6-21-2)14(19)20;1-10(12(14)13(2)9-15-13)8-11-6-4-3-5-7-11;1-12(8-15-12)11(14)10(13)7-9-5-3-2-4-6-9;;/h5-10,18-19,21H,11-15H2,1-4H3,(H,27,32)(H,28,33);4,9,11H,5-7H2,1-3H3,(H,15,18)(H,19,20);3-7,10H,8-9H2,1-2H3;2-6,10H,7-8,13H2,1H3;2*1H4/t18-,19-,21-,26+;9-,11-;10-,13+;10-,12+;;/m0000../s1. The number of carbonyl (C=O) groups is 9. The Kier molecular flexibility index (Phi) is 31.9. The van der Waals surface area contributed by atoms with Crippen molar-refractivity contribution in [3.8, 4) is 0 Å². The molecule has 3 fully saturated rings. The molecular formula is C67H92N6O19. The van der Waals surface area contributed by atoms with Gasteiger partial charge in [-0.05, 0) is 70.6 Å². The van der Waals surface area contributed by atoms with Crippen molar-refractivity contribution in [3.05, 3.63) is 143 Å². The molecule has 0 spiro atoms. The summed E-state index contributed by atoms with van der Waals surface area (Å²) in [5.74, 6) is -4.71. The van der Waals surface area contributed by atoms with E-state index >= 15 is 0 Å². The molecule has 504 valence electrons. The Morgan fingerprint density at radius 1 is 0.522 bits per heavy atom. The van der Waals surface area contributed by atoms with E-state index in [0.29, 0.717) is 31.2 Å². The third kappa shape index (κ3) is 24.9. The number of carboxylic acids is 1. The smallest absolute Gasteiger partial charge is 0.309 e. The zero-order valence-corrected chi connectivity index (χ0v) is 52.6.